The van der Waals surface area contributed by atoms with Crippen molar-refractivity contribution in [2.45, 2.75) is 31.1 Å². The van der Waals surface area contributed by atoms with Crippen molar-refractivity contribution < 1.29 is 18.0 Å². The lowest BCUT2D eigenvalue weighted by molar-refractivity contribution is -0.126. The van der Waals surface area contributed by atoms with Gasteiger partial charge in [0.2, 0.25) is 11.8 Å². The first kappa shape index (κ1) is 25.0. The van der Waals surface area contributed by atoms with Crippen LogP contribution in [-0.4, -0.2) is 49.0 Å². The standard InChI is InChI=1S/C27H26N4O4S2/c1-16-13-22-23(14-20(16)17-6-8-18(9-7-17)21-5-3-4-12-28-21)36-27(31-22)25(37(2,34)35)26(33)29-15-24(32)30-19-10-11-19/h3-9,12-14,19,25H,10-11,15H2,1-2H3,(H,29,33)(H,30,32). The quantitative estimate of drug-likeness (QED) is 0.355. The number of aromatic nitrogens is 2. The summed E-state index contributed by atoms with van der Waals surface area (Å²) in [6, 6.07) is 17.9. The number of fused-ring (bicyclic) bond motifs is 1. The fraction of sp³-hybridized carbons (Fsp3) is 0.259. The van der Waals surface area contributed by atoms with Crippen molar-refractivity contribution in [1.29, 1.82) is 0 Å². The van der Waals surface area contributed by atoms with Gasteiger partial charge in [-0.1, -0.05) is 30.3 Å². The largest absolute Gasteiger partial charge is 0.352 e. The third-order valence-electron chi connectivity index (χ3n) is 6.16. The molecule has 1 atom stereocenters. The van der Waals surface area contributed by atoms with Crippen molar-refractivity contribution in [3.05, 3.63) is 71.4 Å². The van der Waals surface area contributed by atoms with Crippen LogP contribution in [0.1, 0.15) is 28.7 Å². The Morgan fingerprint density at radius 1 is 1.08 bits per heavy atom. The van der Waals surface area contributed by atoms with E-state index >= 15 is 0 Å². The van der Waals surface area contributed by atoms with Crippen LogP contribution in [-0.2, 0) is 19.4 Å². The molecule has 0 aliphatic heterocycles. The number of hydrogen-bond acceptors (Lipinski definition) is 7. The van der Waals surface area contributed by atoms with E-state index in [0.717, 1.165) is 51.7 Å². The van der Waals surface area contributed by atoms with Crippen LogP contribution < -0.4 is 10.6 Å². The number of carbonyl (C=O) groups is 2. The number of benzene rings is 2. The van der Waals surface area contributed by atoms with E-state index in [1.807, 2.05) is 61.5 Å². The van der Waals surface area contributed by atoms with Crippen LogP contribution in [0.15, 0.2) is 60.8 Å². The van der Waals surface area contributed by atoms with Crippen molar-refractivity contribution in [3.63, 3.8) is 0 Å². The molecule has 2 amide bonds. The molecule has 10 heteroatoms. The van der Waals surface area contributed by atoms with Crippen molar-refractivity contribution in [1.82, 2.24) is 20.6 Å². The van der Waals surface area contributed by atoms with Crippen LogP contribution in [0, 0.1) is 6.92 Å². The van der Waals surface area contributed by atoms with Crippen LogP contribution in [0.25, 0.3) is 32.6 Å². The van der Waals surface area contributed by atoms with E-state index in [1.165, 1.54) is 11.3 Å². The molecular formula is C27H26N4O4S2. The summed E-state index contributed by atoms with van der Waals surface area (Å²) in [6.07, 6.45) is 4.61. The highest BCUT2D eigenvalue weighted by atomic mass is 32.2. The van der Waals surface area contributed by atoms with Gasteiger partial charge in [-0.2, -0.15) is 0 Å². The summed E-state index contributed by atoms with van der Waals surface area (Å²) in [5, 5.41) is 3.93. The maximum atomic E-state index is 12.9. The average Bonchev–Trinajstić information content (AvgIpc) is 3.59. The molecule has 0 spiro atoms. The van der Waals surface area contributed by atoms with Crippen LogP contribution >= 0.6 is 11.3 Å². The molecule has 8 nitrogen and oxygen atoms in total. The fourth-order valence-corrected chi connectivity index (χ4v) is 6.66. The first-order chi connectivity index (χ1) is 17.7. The number of rotatable bonds is 8. The SMILES string of the molecule is Cc1cc2nc(C(C(=O)NCC(=O)NC3CC3)S(C)(=O)=O)sc2cc1-c1ccc(-c2ccccn2)cc1. The van der Waals surface area contributed by atoms with Gasteiger partial charge in [0.15, 0.2) is 15.1 Å². The lowest BCUT2D eigenvalue weighted by Crippen LogP contribution is -2.41. The molecule has 2 N–H and O–H groups in total. The topological polar surface area (TPSA) is 118 Å². The van der Waals surface area contributed by atoms with Crippen LogP contribution in [0.5, 0.6) is 0 Å². The molecule has 1 aliphatic carbocycles. The molecule has 0 saturated heterocycles. The number of sulfone groups is 1. The molecule has 37 heavy (non-hydrogen) atoms. The van der Waals surface area contributed by atoms with Gasteiger partial charge in [0, 0.05) is 24.1 Å². The number of aryl methyl sites for hydroxylation is 1. The Labute approximate surface area is 219 Å². The summed E-state index contributed by atoms with van der Waals surface area (Å²) < 4.78 is 25.9. The number of nitrogens with zero attached hydrogens (tertiary/aromatic N) is 2. The van der Waals surface area contributed by atoms with Gasteiger partial charge in [0.05, 0.1) is 22.5 Å². The first-order valence-electron chi connectivity index (χ1n) is 11.9. The minimum atomic E-state index is -3.83. The normalized spacial score (nSPS) is 14.3. The van der Waals surface area contributed by atoms with Gasteiger partial charge in [-0.3, -0.25) is 14.6 Å². The maximum Gasteiger partial charge on any atom is 0.245 e. The van der Waals surface area contributed by atoms with Crippen molar-refractivity contribution in [2.24, 2.45) is 0 Å². The second-order valence-corrected chi connectivity index (χ2v) is 12.4. The van der Waals surface area contributed by atoms with Gasteiger partial charge in [-0.05, 0) is 60.7 Å². The molecule has 2 aromatic heterocycles. The average molecular weight is 535 g/mol. The molecule has 2 heterocycles. The highest BCUT2D eigenvalue weighted by Gasteiger charge is 2.34. The smallest absolute Gasteiger partial charge is 0.245 e. The lowest BCUT2D eigenvalue weighted by Gasteiger charge is -2.12. The van der Waals surface area contributed by atoms with Crippen molar-refractivity contribution in [2.75, 3.05) is 12.8 Å². The monoisotopic (exact) mass is 534 g/mol. The van der Waals surface area contributed by atoms with E-state index in [0.29, 0.717) is 5.52 Å². The van der Waals surface area contributed by atoms with Gasteiger partial charge in [0.25, 0.3) is 0 Å². The van der Waals surface area contributed by atoms with Crippen molar-refractivity contribution in [3.8, 4) is 22.4 Å². The zero-order valence-electron chi connectivity index (χ0n) is 20.4. The van der Waals surface area contributed by atoms with Gasteiger partial charge >= 0.3 is 0 Å². The molecule has 0 radical (unpaired) electrons. The van der Waals surface area contributed by atoms with Gasteiger partial charge in [-0.15, -0.1) is 11.3 Å². The molecule has 4 aromatic rings. The zero-order chi connectivity index (χ0) is 26.2. The summed E-state index contributed by atoms with van der Waals surface area (Å²) in [5.74, 6) is -1.09. The number of hydrogen-bond donors (Lipinski definition) is 2. The third kappa shape index (κ3) is 5.70. The van der Waals surface area contributed by atoms with Gasteiger partial charge in [-0.25, -0.2) is 13.4 Å². The minimum Gasteiger partial charge on any atom is -0.352 e. The first-order valence-corrected chi connectivity index (χ1v) is 14.6. The Morgan fingerprint density at radius 2 is 1.81 bits per heavy atom. The highest BCUT2D eigenvalue weighted by molar-refractivity contribution is 7.91. The van der Waals surface area contributed by atoms with E-state index in [2.05, 4.69) is 20.6 Å². The molecule has 0 bridgehead atoms. The summed E-state index contributed by atoms with van der Waals surface area (Å²) >= 11 is 1.17. The molecule has 1 fully saturated rings. The van der Waals surface area contributed by atoms with Crippen LogP contribution in [0.2, 0.25) is 0 Å². The number of amides is 2. The molecule has 2 aromatic carbocycles. The predicted octanol–water partition coefficient (Wildman–Crippen LogP) is 3.81. The lowest BCUT2D eigenvalue weighted by atomic mass is 9.98. The maximum absolute atomic E-state index is 12.9. The molecule has 1 saturated carbocycles. The van der Waals surface area contributed by atoms with E-state index in [9.17, 15) is 18.0 Å². The Balaban J connectivity index is 1.41. The predicted molar refractivity (Wildman–Crippen MR) is 145 cm³/mol. The number of carbonyl (C=O) groups excluding carboxylic acids is 2. The Bertz CT molecular complexity index is 1580. The van der Waals surface area contributed by atoms with Crippen molar-refractivity contribution >= 4 is 43.2 Å². The molecule has 190 valence electrons. The fourth-order valence-electron chi connectivity index (χ4n) is 4.13. The van der Waals surface area contributed by atoms with Gasteiger partial charge < -0.3 is 10.6 Å². The molecule has 1 unspecified atom stereocenters. The minimum absolute atomic E-state index is 0.156. The number of thiazole rings is 1. The number of pyridine rings is 1. The Hall–Kier alpha value is -3.63. The summed E-state index contributed by atoms with van der Waals surface area (Å²) in [4.78, 5) is 33.7. The molecule has 1 aliphatic rings. The summed E-state index contributed by atoms with van der Waals surface area (Å²) in [7, 11) is -3.83. The van der Waals surface area contributed by atoms with Crippen LogP contribution in [0.4, 0.5) is 0 Å². The molecule has 5 rings (SSSR count). The zero-order valence-corrected chi connectivity index (χ0v) is 22.0. The van der Waals surface area contributed by atoms with E-state index in [1.54, 1.807) is 6.20 Å². The second-order valence-electron chi connectivity index (χ2n) is 9.25. The molecular weight excluding hydrogens is 508 g/mol. The number of nitrogens with one attached hydrogen (secondary N) is 2. The summed E-state index contributed by atoms with van der Waals surface area (Å²) in [6.45, 7) is 1.70. The van der Waals surface area contributed by atoms with E-state index in [4.69, 9.17) is 0 Å². The van der Waals surface area contributed by atoms with E-state index in [-0.39, 0.29) is 23.5 Å². The van der Waals surface area contributed by atoms with E-state index < -0.39 is 21.0 Å². The highest BCUT2D eigenvalue weighted by Crippen LogP contribution is 2.35. The second kappa shape index (κ2) is 10.0. The van der Waals surface area contributed by atoms with Gasteiger partial charge in [0.1, 0.15) is 5.01 Å². The Morgan fingerprint density at radius 3 is 2.46 bits per heavy atom. The summed E-state index contributed by atoms with van der Waals surface area (Å²) in [5.41, 5.74) is 5.51. The van der Waals surface area contributed by atoms with Crippen LogP contribution in [0.3, 0.4) is 0 Å². The Kier molecular flexibility index (Phi) is 6.78. The third-order valence-corrected chi connectivity index (χ3v) is 8.69.